The lowest BCUT2D eigenvalue weighted by Gasteiger charge is -2.35. The molecule has 5 aromatic rings. The standard InChI is InChI=1S/C31H32N4O.2ClH/c36-31-29-17-9-19-34(29)27-15-7-8-16-28(27)35(31)20-10-18-32-21-23-33(24-22-32)30(25-11-3-1-4-12-25)26-13-5-2-6-14-26;;/h1-9,11-17,19,30H,10,18,20-24H2;2*1H. The first-order valence-electron chi connectivity index (χ1n) is 13.2. The fraction of sp³-hybridized carbons (Fsp3) is 0.258. The van der Waals surface area contributed by atoms with E-state index in [2.05, 4.69) is 72.8 Å². The van der Waals surface area contributed by atoms with E-state index in [-0.39, 0.29) is 30.4 Å². The predicted molar refractivity (Wildman–Crippen MR) is 145 cm³/mol. The molecule has 0 aliphatic carbocycles. The van der Waals surface area contributed by atoms with Crippen molar-refractivity contribution in [2.45, 2.75) is 19.0 Å². The minimum atomic E-state index is 0. The zero-order valence-corrected chi connectivity index (χ0v) is 22.9. The second-order valence-electron chi connectivity index (χ2n) is 9.98. The number of benzene rings is 3. The van der Waals surface area contributed by atoms with Crippen molar-refractivity contribution in [1.82, 2.24) is 8.97 Å². The highest BCUT2D eigenvalue weighted by Gasteiger charge is 2.31. The maximum atomic E-state index is 13.2. The maximum Gasteiger partial charge on any atom is 0.275 e. The Bertz CT molecular complexity index is 1470. The number of piperazine rings is 1. The molecular weight excluding hydrogens is 515 g/mol. The van der Waals surface area contributed by atoms with Crippen LogP contribution in [0.2, 0.25) is 0 Å². The molecule has 1 saturated heterocycles. The number of quaternary nitrogens is 2. The molecule has 0 atom stereocenters. The van der Waals surface area contributed by atoms with Crippen molar-refractivity contribution in [3.63, 3.8) is 0 Å². The Labute approximate surface area is 236 Å². The lowest BCUT2D eigenvalue weighted by molar-refractivity contribution is -1.02. The van der Waals surface area contributed by atoms with Gasteiger partial charge in [-0.05, 0) is 24.3 Å². The molecule has 198 valence electrons. The van der Waals surface area contributed by atoms with Crippen molar-refractivity contribution >= 4 is 16.6 Å². The van der Waals surface area contributed by atoms with Gasteiger partial charge in [0.2, 0.25) is 0 Å². The van der Waals surface area contributed by atoms with Crippen LogP contribution < -0.4 is 40.2 Å². The summed E-state index contributed by atoms with van der Waals surface area (Å²) in [6.45, 7) is 6.50. The molecular formula is C31H34Cl2N4O. The molecule has 0 amide bonds. The number of hydrogen-bond donors (Lipinski definition) is 2. The average molecular weight is 550 g/mol. The molecule has 1 aliphatic rings. The van der Waals surface area contributed by atoms with Gasteiger partial charge in [0.15, 0.2) is 0 Å². The molecule has 3 heterocycles. The van der Waals surface area contributed by atoms with Gasteiger partial charge in [-0.25, -0.2) is 0 Å². The molecule has 0 saturated carbocycles. The third-order valence-electron chi connectivity index (χ3n) is 7.83. The van der Waals surface area contributed by atoms with Gasteiger partial charge in [0.1, 0.15) is 37.7 Å². The summed E-state index contributed by atoms with van der Waals surface area (Å²) in [6.07, 6.45) is 2.99. The summed E-state index contributed by atoms with van der Waals surface area (Å²) in [7, 11) is 0. The molecule has 1 fully saturated rings. The molecule has 6 rings (SSSR count). The van der Waals surface area contributed by atoms with E-state index in [4.69, 9.17) is 0 Å². The van der Waals surface area contributed by atoms with Crippen molar-refractivity contribution in [3.8, 4) is 0 Å². The van der Waals surface area contributed by atoms with Crippen molar-refractivity contribution in [1.29, 1.82) is 0 Å². The minimum Gasteiger partial charge on any atom is -1.00 e. The van der Waals surface area contributed by atoms with Gasteiger partial charge in [0.25, 0.3) is 5.56 Å². The summed E-state index contributed by atoms with van der Waals surface area (Å²) in [5.74, 6) is 0. The highest BCUT2D eigenvalue weighted by atomic mass is 35.5. The van der Waals surface area contributed by atoms with Gasteiger partial charge in [0.05, 0.1) is 17.6 Å². The Kier molecular flexibility index (Phi) is 9.29. The van der Waals surface area contributed by atoms with Crippen LogP contribution in [0, 0.1) is 0 Å². The van der Waals surface area contributed by atoms with Crippen LogP contribution in [0.25, 0.3) is 16.6 Å². The van der Waals surface area contributed by atoms with E-state index in [1.807, 2.05) is 39.4 Å². The fourth-order valence-corrected chi connectivity index (χ4v) is 6.04. The molecule has 38 heavy (non-hydrogen) atoms. The van der Waals surface area contributed by atoms with Crippen molar-refractivity contribution in [2.24, 2.45) is 0 Å². The summed E-state index contributed by atoms with van der Waals surface area (Å²) in [6, 6.07) is 34.4. The summed E-state index contributed by atoms with van der Waals surface area (Å²) >= 11 is 0. The largest absolute Gasteiger partial charge is 1.00 e. The number of rotatable bonds is 7. The third-order valence-corrected chi connectivity index (χ3v) is 7.83. The van der Waals surface area contributed by atoms with Crippen molar-refractivity contribution in [3.05, 3.63) is 125 Å². The van der Waals surface area contributed by atoms with Crippen LogP contribution in [0.1, 0.15) is 23.6 Å². The number of nitrogens with one attached hydrogen (secondary N) is 2. The smallest absolute Gasteiger partial charge is 0.275 e. The van der Waals surface area contributed by atoms with Gasteiger partial charge in [-0.3, -0.25) is 4.79 Å². The molecule has 7 heteroatoms. The number of aromatic nitrogens is 2. The summed E-state index contributed by atoms with van der Waals surface area (Å²) in [4.78, 5) is 16.5. The van der Waals surface area contributed by atoms with Gasteiger partial charge in [-0.1, -0.05) is 72.8 Å². The number of aryl methyl sites for hydroxylation is 1. The second-order valence-corrected chi connectivity index (χ2v) is 9.98. The van der Waals surface area contributed by atoms with Crippen LogP contribution in [0.4, 0.5) is 0 Å². The minimum absolute atomic E-state index is 0. The molecule has 0 spiro atoms. The molecule has 0 radical (unpaired) electrons. The number of hydrogen-bond acceptors (Lipinski definition) is 1. The highest BCUT2D eigenvalue weighted by Crippen LogP contribution is 2.19. The van der Waals surface area contributed by atoms with E-state index in [9.17, 15) is 4.79 Å². The first-order chi connectivity index (χ1) is 17.8. The number of fused-ring (bicyclic) bond motifs is 3. The zero-order valence-electron chi connectivity index (χ0n) is 21.4. The highest BCUT2D eigenvalue weighted by molar-refractivity contribution is 5.79. The average Bonchev–Trinajstić information content (AvgIpc) is 3.44. The molecule has 2 N–H and O–H groups in total. The maximum absolute atomic E-state index is 13.2. The van der Waals surface area contributed by atoms with Gasteiger partial charge in [0, 0.05) is 30.3 Å². The Balaban J connectivity index is 0.00000168. The monoisotopic (exact) mass is 548 g/mol. The van der Waals surface area contributed by atoms with E-state index in [0.29, 0.717) is 6.04 Å². The molecule has 5 nitrogen and oxygen atoms in total. The number of halogens is 2. The summed E-state index contributed by atoms with van der Waals surface area (Å²) in [5.41, 5.74) is 5.77. The fourth-order valence-electron chi connectivity index (χ4n) is 6.04. The Morgan fingerprint density at radius 3 is 1.84 bits per heavy atom. The second kappa shape index (κ2) is 12.6. The van der Waals surface area contributed by atoms with Crippen LogP contribution >= 0.6 is 0 Å². The normalized spacial score (nSPS) is 17.3. The van der Waals surface area contributed by atoms with Gasteiger partial charge >= 0.3 is 0 Å². The van der Waals surface area contributed by atoms with E-state index >= 15 is 0 Å². The van der Waals surface area contributed by atoms with Gasteiger partial charge in [-0.2, -0.15) is 0 Å². The van der Waals surface area contributed by atoms with Crippen LogP contribution in [0.15, 0.2) is 108 Å². The van der Waals surface area contributed by atoms with Crippen LogP contribution in [-0.4, -0.2) is 41.7 Å². The SMILES string of the molecule is O=c1c2cccn2c2ccccc2n1CCC[NH+]1CC[NH+](C(c2ccccc2)c2ccccc2)CC1.[Cl-].[Cl-]. The lowest BCUT2D eigenvalue weighted by Crippen LogP contribution is -3.28. The lowest BCUT2D eigenvalue weighted by atomic mass is 9.96. The molecule has 1 aliphatic heterocycles. The molecule has 0 bridgehead atoms. The molecule has 3 aromatic carbocycles. The van der Waals surface area contributed by atoms with E-state index < -0.39 is 0 Å². The van der Waals surface area contributed by atoms with Gasteiger partial charge < -0.3 is 43.6 Å². The molecule has 2 aromatic heterocycles. The number of nitrogens with zero attached hydrogens (tertiary/aromatic N) is 2. The zero-order chi connectivity index (χ0) is 24.3. The van der Waals surface area contributed by atoms with Crippen LogP contribution in [-0.2, 0) is 6.54 Å². The first-order valence-corrected chi connectivity index (χ1v) is 13.2. The Hall–Kier alpha value is -3.09. The first kappa shape index (κ1) is 27.9. The van der Waals surface area contributed by atoms with E-state index in [0.717, 1.165) is 49.1 Å². The quantitative estimate of drug-likeness (QED) is 0.215. The topological polar surface area (TPSA) is 35.3 Å². The van der Waals surface area contributed by atoms with E-state index in [1.165, 1.54) is 24.2 Å². The van der Waals surface area contributed by atoms with Crippen molar-refractivity contribution < 1.29 is 34.6 Å². The Morgan fingerprint density at radius 2 is 1.21 bits per heavy atom. The Morgan fingerprint density at radius 1 is 0.658 bits per heavy atom. The van der Waals surface area contributed by atoms with Crippen LogP contribution in [0.3, 0.4) is 0 Å². The summed E-state index contributed by atoms with van der Waals surface area (Å²) in [5, 5.41) is 0. The number of para-hydroxylation sites is 2. The van der Waals surface area contributed by atoms with Gasteiger partial charge in [-0.15, -0.1) is 0 Å². The molecule has 0 unspecified atom stereocenters. The third kappa shape index (κ3) is 5.52. The van der Waals surface area contributed by atoms with Crippen molar-refractivity contribution in [2.75, 3.05) is 32.7 Å². The predicted octanol–water partition coefficient (Wildman–Crippen LogP) is -3.77. The van der Waals surface area contributed by atoms with E-state index in [1.54, 1.807) is 9.80 Å². The van der Waals surface area contributed by atoms with Crippen LogP contribution in [0.5, 0.6) is 0 Å². The summed E-state index contributed by atoms with van der Waals surface area (Å²) < 4.78 is 3.99.